The summed E-state index contributed by atoms with van der Waals surface area (Å²) in [6.45, 7) is 0. The summed E-state index contributed by atoms with van der Waals surface area (Å²) in [4.78, 5) is 12.0. The first kappa shape index (κ1) is 17.9. The van der Waals surface area contributed by atoms with Crippen LogP contribution in [0.25, 0.3) is 27.9 Å². The molecule has 0 amide bonds. The summed E-state index contributed by atoms with van der Waals surface area (Å²) in [5.41, 5.74) is 3.38. The first-order chi connectivity index (χ1) is 13.4. The number of carbonyl (C=O) groups is 1. The number of nitrogens with zero attached hydrogens (tertiary/aromatic N) is 2. The zero-order valence-electron chi connectivity index (χ0n) is 14.9. The van der Waals surface area contributed by atoms with Gasteiger partial charge in [-0.05, 0) is 29.8 Å². The third-order valence-corrected chi connectivity index (χ3v) is 5.63. The van der Waals surface area contributed by atoms with Crippen LogP contribution < -0.4 is 0 Å². The molecular weight excluding hydrogens is 376 g/mol. The summed E-state index contributed by atoms with van der Waals surface area (Å²) in [5, 5.41) is 14.3. The largest absolute Gasteiger partial charge is 0.478 e. The van der Waals surface area contributed by atoms with Gasteiger partial charge in [-0.1, -0.05) is 42.5 Å². The highest BCUT2D eigenvalue weighted by Crippen LogP contribution is 2.37. The summed E-state index contributed by atoms with van der Waals surface area (Å²) in [5.74, 6) is -1.06. The van der Waals surface area contributed by atoms with E-state index in [0.29, 0.717) is 22.3 Å². The average molecular weight is 392 g/mol. The average Bonchev–Trinajstić information content (AvgIpc) is 3.07. The van der Waals surface area contributed by atoms with E-state index in [4.69, 9.17) is 0 Å². The maximum Gasteiger partial charge on any atom is 0.337 e. The fraction of sp³-hybridized carbons (Fsp3) is 0.0476. The van der Waals surface area contributed by atoms with E-state index in [9.17, 15) is 18.3 Å². The van der Waals surface area contributed by atoms with Crippen molar-refractivity contribution in [1.29, 1.82) is 0 Å². The molecule has 2 aromatic carbocycles. The number of sulfone groups is 1. The van der Waals surface area contributed by atoms with Crippen LogP contribution in [0.5, 0.6) is 0 Å². The Kier molecular flexibility index (Phi) is 4.24. The molecule has 0 aliphatic rings. The number of hydrogen-bond acceptors (Lipinski definition) is 4. The molecule has 0 bridgehead atoms. The zero-order valence-corrected chi connectivity index (χ0v) is 15.7. The molecule has 7 heteroatoms. The van der Waals surface area contributed by atoms with E-state index < -0.39 is 15.8 Å². The molecule has 0 radical (unpaired) electrons. The maximum atomic E-state index is 11.8. The Morgan fingerprint density at radius 2 is 1.61 bits per heavy atom. The third kappa shape index (κ3) is 3.05. The minimum Gasteiger partial charge on any atom is -0.478 e. The molecule has 6 nitrogen and oxygen atoms in total. The normalized spacial score (nSPS) is 11.6. The van der Waals surface area contributed by atoms with Crippen molar-refractivity contribution < 1.29 is 18.3 Å². The highest BCUT2D eigenvalue weighted by molar-refractivity contribution is 7.90. The number of aromatic carboxylic acids is 1. The molecule has 0 fully saturated rings. The van der Waals surface area contributed by atoms with Gasteiger partial charge in [0, 0.05) is 23.6 Å². The molecule has 140 valence electrons. The van der Waals surface area contributed by atoms with Gasteiger partial charge < -0.3 is 5.11 Å². The summed E-state index contributed by atoms with van der Waals surface area (Å²) in [7, 11) is -3.33. The van der Waals surface area contributed by atoms with Gasteiger partial charge >= 0.3 is 5.97 Å². The van der Waals surface area contributed by atoms with Gasteiger partial charge in [0.1, 0.15) is 5.69 Å². The molecule has 0 spiro atoms. The molecule has 28 heavy (non-hydrogen) atoms. The summed E-state index contributed by atoms with van der Waals surface area (Å²) >= 11 is 0. The van der Waals surface area contributed by atoms with Crippen molar-refractivity contribution in [2.45, 2.75) is 4.90 Å². The van der Waals surface area contributed by atoms with Crippen molar-refractivity contribution >= 4 is 21.3 Å². The van der Waals surface area contributed by atoms with E-state index in [0.717, 1.165) is 11.8 Å². The van der Waals surface area contributed by atoms with Crippen LogP contribution in [-0.4, -0.2) is 35.4 Å². The molecule has 0 aliphatic heterocycles. The SMILES string of the molecule is CS(=O)(=O)c1ccc(-c2c(-c3ccccc3)nn3cccc(C(=O)O)c23)cc1. The third-order valence-electron chi connectivity index (χ3n) is 4.50. The van der Waals surface area contributed by atoms with Gasteiger partial charge in [0.2, 0.25) is 0 Å². The summed E-state index contributed by atoms with van der Waals surface area (Å²) < 4.78 is 25.1. The number of rotatable bonds is 4. The van der Waals surface area contributed by atoms with Gasteiger partial charge in [-0.2, -0.15) is 5.10 Å². The second-order valence-corrected chi connectivity index (χ2v) is 8.42. The van der Waals surface area contributed by atoms with Gasteiger partial charge in [-0.25, -0.2) is 17.7 Å². The number of carboxylic acids is 1. The first-order valence-electron chi connectivity index (χ1n) is 8.47. The van der Waals surface area contributed by atoms with Crippen molar-refractivity contribution in [2.24, 2.45) is 0 Å². The van der Waals surface area contributed by atoms with Crippen LogP contribution in [-0.2, 0) is 9.84 Å². The summed E-state index contributed by atoms with van der Waals surface area (Å²) in [6.07, 6.45) is 2.85. The minimum absolute atomic E-state index is 0.124. The number of benzene rings is 2. The fourth-order valence-electron chi connectivity index (χ4n) is 3.21. The van der Waals surface area contributed by atoms with E-state index in [1.807, 2.05) is 30.3 Å². The van der Waals surface area contributed by atoms with Gasteiger partial charge in [0.25, 0.3) is 0 Å². The molecule has 2 heterocycles. The number of fused-ring (bicyclic) bond motifs is 1. The lowest BCUT2D eigenvalue weighted by molar-refractivity contribution is 0.0698. The van der Waals surface area contributed by atoms with Crippen molar-refractivity contribution in [1.82, 2.24) is 9.61 Å². The molecule has 1 N–H and O–H groups in total. The quantitative estimate of drug-likeness (QED) is 0.571. The predicted molar refractivity (Wildman–Crippen MR) is 106 cm³/mol. The van der Waals surface area contributed by atoms with E-state index in [1.54, 1.807) is 28.9 Å². The number of hydrogen-bond donors (Lipinski definition) is 1. The van der Waals surface area contributed by atoms with E-state index >= 15 is 0 Å². The Morgan fingerprint density at radius 3 is 2.21 bits per heavy atom. The van der Waals surface area contributed by atoms with Crippen LogP contribution in [0, 0.1) is 0 Å². The van der Waals surface area contributed by atoms with Gasteiger partial charge in [0.15, 0.2) is 9.84 Å². The topological polar surface area (TPSA) is 88.7 Å². The molecular formula is C21H16N2O4S. The highest BCUT2D eigenvalue weighted by atomic mass is 32.2. The van der Waals surface area contributed by atoms with Gasteiger partial charge in [-0.15, -0.1) is 0 Å². The fourth-order valence-corrected chi connectivity index (χ4v) is 3.84. The Bertz CT molecular complexity index is 1290. The molecule has 0 unspecified atom stereocenters. The molecule has 0 aliphatic carbocycles. The molecule has 4 aromatic rings. The second-order valence-electron chi connectivity index (χ2n) is 6.41. The van der Waals surface area contributed by atoms with Gasteiger partial charge in [0.05, 0.1) is 16.0 Å². The van der Waals surface area contributed by atoms with Crippen LogP contribution in [0.2, 0.25) is 0 Å². The number of carboxylic acid groups (broad SMARTS) is 1. The van der Waals surface area contributed by atoms with Crippen LogP contribution in [0.4, 0.5) is 0 Å². The van der Waals surface area contributed by atoms with Crippen LogP contribution in [0.15, 0.2) is 77.8 Å². The molecule has 0 saturated carbocycles. The Balaban J connectivity index is 2.06. The van der Waals surface area contributed by atoms with Crippen molar-refractivity contribution in [2.75, 3.05) is 6.26 Å². The standard InChI is InChI=1S/C21H16N2O4S/c1-28(26,27)16-11-9-14(10-12-16)18-19(15-6-3-2-4-7-15)22-23-13-5-8-17(20(18)23)21(24)25/h2-13H,1H3,(H,24,25). The maximum absolute atomic E-state index is 11.8. The van der Waals surface area contributed by atoms with Crippen LogP contribution in [0.1, 0.15) is 10.4 Å². The highest BCUT2D eigenvalue weighted by Gasteiger charge is 2.21. The van der Waals surface area contributed by atoms with Crippen LogP contribution in [0.3, 0.4) is 0 Å². The van der Waals surface area contributed by atoms with Crippen molar-refractivity contribution in [3.05, 3.63) is 78.5 Å². The van der Waals surface area contributed by atoms with E-state index in [2.05, 4.69) is 5.10 Å². The lowest BCUT2D eigenvalue weighted by Crippen LogP contribution is -2.01. The smallest absolute Gasteiger partial charge is 0.337 e. The van der Waals surface area contributed by atoms with Gasteiger partial charge in [-0.3, -0.25) is 0 Å². The lowest BCUT2D eigenvalue weighted by atomic mass is 9.98. The zero-order chi connectivity index (χ0) is 19.9. The van der Waals surface area contributed by atoms with E-state index in [-0.39, 0.29) is 10.5 Å². The Labute approximate surface area is 161 Å². The first-order valence-corrected chi connectivity index (χ1v) is 10.4. The molecule has 0 atom stereocenters. The van der Waals surface area contributed by atoms with E-state index in [1.165, 1.54) is 18.2 Å². The predicted octanol–water partition coefficient (Wildman–Crippen LogP) is 3.77. The Morgan fingerprint density at radius 1 is 0.929 bits per heavy atom. The van der Waals surface area contributed by atoms with Crippen molar-refractivity contribution in [3.8, 4) is 22.4 Å². The lowest BCUT2D eigenvalue weighted by Gasteiger charge is -2.07. The minimum atomic E-state index is -3.33. The second kappa shape index (κ2) is 6.61. The molecule has 0 saturated heterocycles. The summed E-state index contributed by atoms with van der Waals surface area (Å²) in [6, 6.07) is 19.0. The van der Waals surface area contributed by atoms with Crippen molar-refractivity contribution in [3.63, 3.8) is 0 Å². The number of pyridine rings is 1. The number of aromatic nitrogens is 2. The monoisotopic (exact) mass is 392 g/mol. The molecule has 4 rings (SSSR count). The van der Waals surface area contributed by atoms with Crippen LogP contribution >= 0.6 is 0 Å². The molecule has 2 aromatic heterocycles. The Hall–Kier alpha value is -3.45.